The van der Waals surface area contributed by atoms with E-state index in [4.69, 9.17) is 21.6 Å². The first-order valence-corrected chi connectivity index (χ1v) is 10.6. The molecule has 5 heteroatoms. The summed E-state index contributed by atoms with van der Waals surface area (Å²) in [5.74, 6) is 0.920. The van der Waals surface area contributed by atoms with Crippen LogP contribution in [0.1, 0.15) is 31.2 Å². The van der Waals surface area contributed by atoms with Gasteiger partial charge in [-0.1, -0.05) is 54.4 Å². The maximum absolute atomic E-state index is 6.16. The highest BCUT2D eigenvalue weighted by molar-refractivity contribution is 8.13. The number of hydrogen-bond donors (Lipinski definition) is 0. The summed E-state index contributed by atoms with van der Waals surface area (Å²) in [5, 5.41) is 1.73. The summed E-state index contributed by atoms with van der Waals surface area (Å²) in [6.07, 6.45) is 6.65. The molecule has 2 aromatic rings. The van der Waals surface area contributed by atoms with Crippen molar-refractivity contribution >= 4 is 45.7 Å². The molecule has 1 heterocycles. The van der Waals surface area contributed by atoms with Crippen LogP contribution in [0.4, 0.5) is 11.4 Å². The fourth-order valence-corrected chi connectivity index (χ4v) is 4.82. The average Bonchev–Trinajstić information content (AvgIpc) is 3.22. The third-order valence-electron chi connectivity index (χ3n) is 5.15. The number of rotatable bonds is 2. The molecule has 0 saturated heterocycles. The van der Waals surface area contributed by atoms with Crippen molar-refractivity contribution in [3.63, 3.8) is 0 Å². The maximum atomic E-state index is 6.16. The van der Waals surface area contributed by atoms with Gasteiger partial charge in [0.15, 0.2) is 11.0 Å². The van der Waals surface area contributed by atoms with Crippen LogP contribution in [0.15, 0.2) is 58.5 Å². The molecule has 0 atom stereocenters. The van der Waals surface area contributed by atoms with E-state index >= 15 is 0 Å². The van der Waals surface area contributed by atoms with Gasteiger partial charge in [0.05, 0.1) is 5.69 Å². The van der Waals surface area contributed by atoms with Crippen LogP contribution < -0.4 is 4.90 Å². The summed E-state index contributed by atoms with van der Waals surface area (Å²) in [7, 11) is 0. The highest BCUT2D eigenvalue weighted by Gasteiger charge is 2.50. The minimum absolute atomic E-state index is 0.144. The fraction of sp³-hybridized carbons (Fsp3) is 0.333. The largest absolute Gasteiger partial charge is 0.307 e. The second kappa shape index (κ2) is 7.09. The summed E-state index contributed by atoms with van der Waals surface area (Å²) in [4.78, 5) is 12.3. The van der Waals surface area contributed by atoms with Gasteiger partial charge in [0.1, 0.15) is 5.54 Å². The van der Waals surface area contributed by atoms with E-state index in [1.165, 1.54) is 24.1 Å². The fourth-order valence-electron chi connectivity index (χ4n) is 3.99. The first-order valence-electron chi connectivity index (χ1n) is 8.97. The topological polar surface area (TPSA) is 28.0 Å². The molecule has 4 rings (SSSR count). The zero-order valence-corrected chi connectivity index (χ0v) is 16.6. The number of thioether (sulfide) groups is 1. The highest BCUT2D eigenvalue weighted by Crippen LogP contribution is 2.45. The van der Waals surface area contributed by atoms with Gasteiger partial charge in [0.25, 0.3) is 0 Å². The Hall–Kier alpha value is -1.78. The van der Waals surface area contributed by atoms with E-state index in [0.29, 0.717) is 5.02 Å². The van der Waals surface area contributed by atoms with Crippen molar-refractivity contribution in [2.24, 2.45) is 9.98 Å². The molecule has 26 heavy (non-hydrogen) atoms. The minimum atomic E-state index is -0.144. The number of hydrogen-bond acceptors (Lipinski definition) is 3. The molecule has 0 aromatic heterocycles. The third-order valence-corrected chi connectivity index (χ3v) is 6.03. The molecule has 0 unspecified atom stereocenters. The van der Waals surface area contributed by atoms with Gasteiger partial charge in [-0.05, 0) is 61.9 Å². The number of anilines is 1. The van der Waals surface area contributed by atoms with Crippen LogP contribution in [0.2, 0.25) is 5.02 Å². The lowest BCUT2D eigenvalue weighted by atomic mass is 9.94. The third kappa shape index (κ3) is 3.06. The Labute approximate surface area is 164 Å². The summed E-state index contributed by atoms with van der Waals surface area (Å²) in [6, 6.07) is 16.4. The van der Waals surface area contributed by atoms with Crippen molar-refractivity contribution in [2.45, 2.75) is 38.1 Å². The van der Waals surface area contributed by atoms with Crippen molar-refractivity contribution in [1.29, 1.82) is 0 Å². The Morgan fingerprint density at radius 2 is 1.88 bits per heavy atom. The van der Waals surface area contributed by atoms with Crippen LogP contribution in [0, 0.1) is 6.92 Å². The van der Waals surface area contributed by atoms with Gasteiger partial charge in [0, 0.05) is 10.7 Å². The van der Waals surface area contributed by atoms with Gasteiger partial charge in [-0.15, -0.1) is 0 Å². The van der Waals surface area contributed by atoms with Crippen LogP contribution in [0.3, 0.4) is 0 Å². The van der Waals surface area contributed by atoms with Gasteiger partial charge in [-0.25, -0.2) is 9.98 Å². The van der Waals surface area contributed by atoms with E-state index in [0.717, 1.165) is 29.5 Å². The Morgan fingerprint density at radius 3 is 2.58 bits per heavy atom. The summed E-state index contributed by atoms with van der Waals surface area (Å²) < 4.78 is 0. The molecule has 1 spiro atoms. The molecule has 0 radical (unpaired) electrons. The van der Waals surface area contributed by atoms with E-state index in [-0.39, 0.29) is 5.54 Å². The number of nitrogens with zero attached hydrogens (tertiary/aromatic N) is 3. The Bertz CT molecular complexity index is 884. The zero-order valence-electron chi connectivity index (χ0n) is 15.1. The molecular weight excluding hydrogens is 362 g/mol. The van der Waals surface area contributed by atoms with Gasteiger partial charge >= 0.3 is 0 Å². The summed E-state index contributed by atoms with van der Waals surface area (Å²) in [5.41, 5.74) is 3.19. The molecule has 1 aliphatic carbocycles. The van der Waals surface area contributed by atoms with Crippen molar-refractivity contribution in [1.82, 2.24) is 0 Å². The van der Waals surface area contributed by atoms with Gasteiger partial charge in [0.2, 0.25) is 0 Å². The van der Waals surface area contributed by atoms with Gasteiger partial charge in [-0.3, -0.25) is 0 Å². The van der Waals surface area contributed by atoms with Crippen molar-refractivity contribution < 1.29 is 0 Å². The number of halogens is 1. The molecule has 3 nitrogen and oxygen atoms in total. The SMILES string of the molecule is CSC1=NC(=Nc2cccc(Cl)c2)C2(CCCC2)N1c1cccc(C)c1. The van der Waals surface area contributed by atoms with Crippen LogP contribution in [-0.4, -0.2) is 22.8 Å². The van der Waals surface area contributed by atoms with E-state index in [1.54, 1.807) is 11.8 Å². The van der Waals surface area contributed by atoms with Crippen molar-refractivity contribution in [3.8, 4) is 0 Å². The maximum Gasteiger partial charge on any atom is 0.170 e. The molecule has 1 saturated carbocycles. The predicted octanol–water partition coefficient (Wildman–Crippen LogP) is 6.23. The second-order valence-electron chi connectivity index (χ2n) is 6.93. The van der Waals surface area contributed by atoms with Crippen LogP contribution in [-0.2, 0) is 0 Å². The molecule has 0 amide bonds. The first-order chi connectivity index (χ1) is 12.6. The van der Waals surface area contributed by atoms with Crippen molar-refractivity contribution in [3.05, 3.63) is 59.1 Å². The molecule has 1 aliphatic heterocycles. The van der Waals surface area contributed by atoms with E-state index in [2.05, 4.69) is 42.3 Å². The van der Waals surface area contributed by atoms with E-state index < -0.39 is 0 Å². The number of aryl methyl sites for hydroxylation is 1. The Kier molecular flexibility index (Phi) is 4.80. The Balaban J connectivity index is 1.84. The lowest BCUT2D eigenvalue weighted by Crippen LogP contribution is -2.49. The molecule has 1 fully saturated rings. The van der Waals surface area contributed by atoms with Crippen LogP contribution in [0.5, 0.6) is 0 Å². The molecule has 0 bridgehead atoms. The summed E-state index contributed by atoms with van der Waals surface area (Å²) in [6.45, 7) is 2.14. The normalized spacial score (nSPS) is 20.2. The smallest absolute Gasteiger partial charge is 0.170 e. The van der Waals surface area contributed by atoms with Crippen LogP contribution in [0.25, 0.3) is 0 Å². The number of benzene rings is 2. The predicted molar refractivity (Wildman–Crippen MR) is 114 cm³/mol. The molecule has 2 aromatic carbocycles. The first kappa shape index (κ1) is 17.6. The zero-order chi connectivity index (χ0) is 18.1. The minimum Gasteiger partial charge on any atom is -0.307 e. The van der Waals surface area contributed by atoms with E-state index in [1.807, 2.05) is 24.3 Å². The highest BCUT2D eigenvalue weighted by atomic mass is 35.5. The average molecular weight is 384 g/mol. The van der Waals surface area contributed by atoms with Crippen molar-refractivity contribution in [2.75, 3.05) is 11.2 Å². The molecule has 2 aliphatic rings. The van der Waals surface area contributed by atoms with Gasteiger partial charge < -0.3 is 4.90 Å². The Morgan fingerprint density at radius 1 is 1.12 bits per heavy atom. The monoisotopic (exact) mass is 383 g/mol. The molecular formula is C21H22ClN3S. The lowest BCUT2D eigenvalue weighted by molar-refractivity contribution is 0.592. The van der Waals surface area contributed by atoms with Gasteiger partial charge in [-0.2, -0.15) is 0 Å². The molecule has 0 N–H and O–H groups in total. The molecule has 134 valence electrons. The standard InChI is InChI=1S/C21H22ClN3S/c1-15-7-5-10-18(13-15)25-20(26-2)24-19(21(25)11-3-4-12-21)23-17-9-6-8-16(22)14-17/h5-10,13-14H,3-4,11-12H2,1-2H3. The number of amidine groups is 2. The lowest BCUT2D eigenvalue weighted by Gasteiger charge is -2.36. The quantitative estimate of drug-likeness (QED) is 0.614. The number of aliphatic imine (C=N–C) groups is 2. The van der Waals surface area contributed by atoms with E-state index in [9.17, 15) is 0 Å². The van der Waals surface area contributed by atoms with Crippen LogP contribution >= 0.6 is 23.4 Å². The summed E-state index contributed by atoms with van der Waals surface area (Å²) >= 11 is 7.85. The second-order valence-corrected chi connectivity index (χ2v) is 8.14.